The molecular formula is C14H14F2N2O2S2. The van der Waals surface area contributed by atoms with Crippen molar-refractivity contribution >= 4 is 21.4 Å². The average Bonchev–Trinajstić information content (AvgIpc) is 3.21. The van der Waals surface area contributed by atoms with Crippen LogP contribution in [0, 0.1) is 24.5 Å². The summed E-state index contributed by atoms with van der Waals surface area (Å²) in [5, 5.41) is 2.56. The van der Waals surface area contributed by atoms with Gasteiger partial charge in [-0.2, -0.15) is 0 Å². The predicted octanol–water partition coefficient (Wildman–Crippen LogP) is 3.16. The molecule has 1 aromatic heterocycles. The Morgan fingerprint density at radius 2 is 2.05 bits per heavy atom. The zero-order valence-electron chi connectivity index (χ0n) is 11.7. The molecule has 0 saturated heterocycles. The summed E-state index contributed by atoms with van der Waals surface area (Å²) in [5.41, 5.74) is 0.831. The molecule has 1 N–H and O–H groups in total. The van der Waals surface area contributed by atoms with Crippen LogP contribution >= 0.6 is 11.3 Å². The standard InChI is InChI=1S/C14H14F2N2O2S2/c1-8-7-21-14(17-8)13(9-2-3-9)18-22(19,20)10-4-5-11(15)12(16)6-10/h4-7,9,13,18H,2-3H2,1H3/t13-/m0/s1. The highest BCUT2D eigenvalue weighted by Crippen LogP contribution is 2.42. The lowest BCUT2D eigenvalue weighted by molar-refractivity contribution is 0.501. The number of rotatable bonds is 5. The first-order valence-corrected chi connectivity index (χ1v) is 9.12. The van der Waals surface area contributed by atoms with Gasteiger partial charge in [-0.1, -0.05) is 0 Å². The van der Waals surface area contributed by atoms with Gasteiger partial charge in [0.2, 0.25) is 10.0 Å². The second-order valence-electron chi connectivity index (χ2n) is 5.34. The fourth-order valence-corrected chi connectivity index (χ4v) is 4.47. The first-order chi connectivity index (χ1) is 10.4. The summed E-state index contributed by atoms with van der Waals surface area (Å²) in [6.45, 7) is 1.84. The van der Waals surface area contributed by atoms with Crippen LogP contribution in [0.4, 0.5) is 8.78 Å². The molecule has 0 bridgehead atoms. The van der Waals surface area contributed by atoms with E-state index in [0.717, 1.165) is 30.7 Å². The molecule has 4 nitrogen and oxygen atoms in total. The van der Waals surface area contributed by atoms with Gasteiger partial charge in [0.15, 0.2) is 11.6 Å². The van der Waals surface area contributed by atoms with Crippen LogP contribution in [0.25, 0.3) is 0 Å². The third-order valence-electron chi connectivity index (χ3n) is 3.48. The van der Waals surface area contributed by atoms with Crippen molar-refractivity contribution in [3.8, 4) is 0 Å². The SMILES string of the molecule is Cc1csc([C@@H](NS(=O)(=O)c2ccc(F)c(F)c2)C2CC2)n1. The molecule has 2 aromatic rings. The highest BCUT2D eigenvalue weighted by molar-refractivity contribution is 7.89. The lowest BCUT2D eigenvalue weighted by Crippen LogP contribution is -2.30. The Morgan fingerprint density at radius 3 is 2.59 bits per heavy atom. The first-order valence-electron chi connectivity index (χ1n) is 6.76. The second-order valence-corrected chi connectivity index (χ2v) is 7.94. The Bertz CT molecular complexity index is 801. The smallest absolute Gasteiger partial charge is 0.241 e. The van der Waals surface area contributed by atoms with E-state index in [2.05, 4.69) is 9.71 Å². The van der Waals surface area contributed by atoms with Gasteiger partial charge in [-0.25, -0.2) is 26.9 Å². The predicted molar refractivity (Wildman–Crippen MR) is 79.0 cm³/mol. The van der Waals surface area contributed by atoms with Gasteiger partial charge < -0.3 is 0 Å². The molecule has 1 heterocycles. The maximum atomic E-state index is 13.3. The van der Waals surface area contributed by atoms with E-state index >= 15 is 0 Å². The zero-order valence-corrected chi connectivity index (χ0v) is 13.3. The summed E-state index contributed by atoms with van der Waals surface area (Å²) in [4.78, 5) is 4.05. The summed E-state index contributed by atoms with van der Waals surface area (Å²) < 4.78 is 53.6. The van der Waals surface area contributed by atoms with Crippen molar-refractivity contribution in [2.75, 3.05) is 0 Å². The average molecular weight is 344 g/mol. The zero-order chi connectivity index (χ0) is 15.9. The summed E-state index contributed by atoms with van der Waals surface area (Å²) in [6.07, 6.45) is 1.84. The Morgan fingerprint density at radius 1 is 1.32 bits per heavy atom. The van der Waals surface area contributed by atoms with Crippen molar-refractivity contribution in [1.82, 2.24) is 9.71 Å². The Balaban J connectivity index is 1.89. The summed E-state index contributed by atoms with van der Waals surface area (Å²) in [6, 6.07) is 2.13. The molecule has 0 unspecified atom stereocenters. The second kappa shape index (κ2) is 5.68. The Hall–Kier alpha value is -1.38. The van der Waals surface area contributed by atoms with Crippen LogP contribution in [-0.4, -0.2) is 13.4 Å². The van der Waals surface area contributed by atoms with Gasteiger partial charge in [-0.15, -0.1) is 11.3 Å². The highest BCUT2D eigenvalue weighted by Gasteiger charge is 2.37. The number of aromatic nitrogens is 1. The van der Waals surface area contributed by atoms with E-state index in [0.29, 0.717) is 11.1 Å². The normalized spacial score (nSPS) is 16.7. The van der Waals surface area contributed by atoms with Gasteiger partial charge in [0.25, 0.3) is 0 Å². The quantitative estimate of drug-likeness (QED) is 0.906. The fraction of sp³-hybridized carbons (Fsp3) is 0.357. The number of nitrogens with one attached hydrogen (secondary N) is 1. The van der Waals surface area contributed by atoms with Crippen molar-refractivity contribution in [2.45, 2.75) is 30.7 Å². The van der Waals surface area contributed by atoms with Crippen LogP contribution < -0.4 is 4.72 Å². The van der Waals surface area contributed by atoms with Gasteiger partial charge in [0.05, 0.1) is 10.9 Å². The van der Waals surface area contributed by atoms with E-state index in [4.69, 9.17) is 0 Å². The molecular weight excluding hydrogens is 330 g/mol. The highest BCUT2D eigenvalue weighted by atomic mass is 32.2. The number of hydrogen-bond donors (Lipinski definition) is 1. The largest absolute Gasteiger partial charge is 0.245 e. The molecule has 1 aliphatic carbocycles. The molecule has 1 atom stereocenters. The van der Waals surface area contributed by atoms with E-state index < -0.39 is 27.7 Å². The van der Waals surface area contributed by atoms with Crippen LogP contribution in [-0.2, 0) is 10.0 Å². The summed E-state index contributed by atoms with van der Waals surface area (Å²) in [7, 11) is -3.93. The third kappa shape index (κ3) is 3.18. The maximum absolute atomic E-state index is 13.3. The van der Waals surface area contributed by atoms with Crippen LogP contribution in [0.5, 0.6) is 0 Å². The molecule has 118 valence electrons. The van der Waals surface area contributed by atoms with Crippen LogP contribution in [0.15, 0.2) is 28.5 Å². The van der Waals surface area contributed by atoms with Gasteiger partial charge in [-0.3, -0.25) is 0 Å². The van der Waals surface area contributed by atoms with Crippen LogP contribution in [0.3, 0.4) is 0 Å². The van der Waals surface area contributed by atoms with Crippen molar-refractivity contribution in [3.05, 3.63) is 45.9 Å². The topological polar surface area (TPSA) is 59.1 Å². The lowest BCUT2D eigenvalue weighted by atomic mass is 10.2. The number of halogens is 2. The molecule has 1 saturated carbocycles. The molecule has 1 aliphatic rings. The van der Waals surface area contributed by atoms with Gasteiger partial charge >= 0.3 is 0 Å². The molecule has 3 rings (SSSR count). The minimum atomic E-state index is -3.93. The van der Waals surface area contributed by atoms with Crippen molar-refractivity contribution < 1.29 is 17.2 Å². The molecule has 0 amide bonds. The molecule has 22 heavy (non-hydrogen) atoms. The first kappa shape index (κ1) is 15.5. The molecule has 1 aromatic carbocycles. The van der Waals surface area contributed by atoms with E-state index in [-0.39, 0.29) is 10.8 Å². The molecule has 0 spiro atoms. The number of thiazole rings is 1. The van der Waals surface area contributed by atoms with E-state index in [1.54, 1.807) is 0 Å². The lowest BCUT2D eigenvalue weighted by Gasteiger charge is -2.16. The van der Waals surface area contributed by atoms with Gasteiger partial charge in [-0.05, 0) is 43.9 Å². The molecule has 1 fully saturated rings. The summed E-state index contributed by atoms with van der Waals surface area (Å²) >= 11 is 1.40. The molecule has 0 radical (unpaired) electrons. The van der Waals surface area contributed by atoms with Gasteiger partial charge in [0, 0.05) is 11.1 Å². The van der Waals surface area contributed by atoms with E-state index in [9.17, 15) is 17.2 Å². The fourth-order valence-electron chi connectivity index (χ4n) is 2.17. The molecule has 0 aliphatic heterocycles. The number of sulfonamides is 1. The number of aryl methyl sites for hydroxylation is 1. The maximum Gasteiger partial charge on any atom is 0.241 e. The van der Waals surface area contributed by atoms with Crippen LogP contribution in [0.1, 0.15) is 29.6 Å². The Kier molecular flexibility index (Phi) is 4.00. The van der Waals surface area contributed by atoms with Crippen molar-refractivity contribution in [2.24, 2.45) is 5.92 Å². The number of benzene rings is 1. The minimum Gasteiger partial charge on any atom is -0.245 e. The number of nitrogens with zero attached hydrogens (tertiary/aromatic N) is 1. The minimum absolute atomic E-state index is 0.200. The monoisotopic (exact) mass is 344 g/mol. The van der Waals surface area contributed by atoms with Gasteiger partial charge in [0.1, 0.15) is 5.01 Å². The molecule has 8 heteroatoms. The van der Waals surface area contributed by atoms with E-state index in [1.807, 2.05) is 12.3 Å². The van der Waals surface area contributed by atoms with Crippen LogP contribution in [0.2, 0.25) is 0 Å². The third-order valence-corrected chi connectivity index (χ3v) is 5.96. The van der Waals surface area contributed by atoms with Crippen molar-refractivity contribution in [3.63, 3.8) is 0 Å². The number of hydrogen-bond acceptors (Lipinski definition) is 4. The Labute approximate surface area is 131 Å². The van der Waals surface area contributed by atoms with Crippen molar-refractivity contribution in [1.29, 1.82) is 0 Å². The summed E-state index contributed by atoms with van der Waals surface area (Å²) in [5.74, 6) is -2.06. The van der Waals surface area contributed by atoms with E-state index in [1.165, 1.54) is 11.3 Å².